The van der Waals surface area contributed by atoms with Crippen molar-refractivity contribution >= 4 is 17.7 Å². The van der Waals surface area contributed by atoms with Crippen molar-refractivity contribution in [3.8, 4) is 0 Å². The lowest BCUT2D eigenvalue weighted by Gasteiger charge is -2.29. The van der Waals surface area contributed by atoms with E-state index in [-0.39, 0.29) is 24.1 Å². The van der Waals surface area contributed by atoms with Crippen LogP contribution in [0.4, 0.5) is 0 Å². The molecule has 3 N–H and O–H groups in total. The Morgan fingerprint density at radius 2 is 2.00 bits per heavy atom. The zero-order valence-corrected chi connectivity index (χ0v) is 15.5. The third-order valence-electron chi connectivity index (χ3n) is 4.88. The Morgan fingerprint density at radius 1 is 1.19 bits per heavy atom. The van der Waals surface area contributed by atoms with Gasteiger partial charge in [0.2, 0.25) is 11.8 Å². The fourth-order valence-corrected chi connectivity index (χ4v) is 3.45. The van der Waals surface area contributed by atoms with Gasteiger partial charge in [0.1, 0.15) is 6.04 Å². The number of fused-ring (bicyclic) bond motifs is 1. The summed E-state index contributed by atoms with van der Waals surface area (Å²) in [6.07, 6.45) is 0.652. The van der Waals surface area contributed by atoms with E-state index in [2.05, 4.69) is 16.0 Å². The number of nitrogens with one attached hydrogen (secondary N) is 3. The van der Waals surface area contributed by atoms with Gasteiger partial charge in [0.25, 0.3) is 5.91 Å². The highest BCUT2D eigenvalue weighted by Crippen LogP contribution is 2.28. The van der Waals surface area contributed by atoms with Crippen LogP contribution in [-0.2, 0) is 27.4 Å². The van der Waals surface area contributed by atoms with Gasteiger partial charge in [0.15, 0.2) is 0 Å². The maximum atomic E-state index is 12.6. The number of carbonyl (C=O) groups excluding carboxylic acids is 3. The van der Waals surface area contributed by atoms with Gasteiger partial charge in [0, 0.05) is 51.8 Å². The Balaban J connectivity index is 1.53. The Hall–Kier alpha value is -2.29. The van der Waals surface area contributed by atoms with E-state index in [1.807, 2.05) is 18.2 Å². The molecular weight excluding hydrogens is 348 g/mol. The summed E-state index contributed by atoms with van der Waals surface area (Å²) in [5.41, 5.74) is 2.68. The highest BCUT2D eigenvalue weighted by Gasteiger charge is 2.38. The molecule has 1 atom stereocenters. The molecule has 8 heteroatoms. The van der Waals surface area contributed by atoms with Gasteiger partial charge in [-0.1, -0.05) is 12.1 Å². The molecule has 0 radical (unpaired) electrons. The zero-order chi connectivity index (χ0) is 19.2. The fourth-order valence-electron chi connectivity index (χ4n) is 3.45. The Morgan fingerprint density at radius 3 is 2.78 bits per heavy atom. The number of hydrogen-bond donors (Lipinski definition) is 3. The second-order valence-corrected chi connectivity index (χ2v) is 6.81. The number of imide groups is 1. The van der Waals surface area contributed by atoms with E-state index in [0.29, 0.717) is 31.7 Å². The predicted octanol–water partition coefficient (Wildman–Crippen LogP) is -0.227. The first-order chi connectivity index (χ1) is 13.1. The summed E-state index contributed by atoms with van der Waals surface area (Å²) in [5.74, 6) is -0.790. The standard InChI is InChI=1S/C19H26N4O4/c1-27-9-8-20-6-7-21-11-13-2-3-15-14(10-13)12-23(19(15)26)16-4-5-17(24)22-18(16)25/h2-3,10,16,20-21H,4-9,11-12H2,1H3,(H,22,24,25). The van der Waals surface area contributed by atoms with Crippen molar-refractivity contribution in [3.05, 3.63) is 34.9 Å². The monoisotopic (exact) mass is 374 g/mol. The second kappa shape index (κ2) is 9.07. The van der Waals surface area contributed by atoms with E-state index in [9.17, 15) is 14.4 Å². The molecule has 1 aromatic carbocycles. The van der Waals surface area contributed by atoms with Gasteiger partial charge >= 0.3 is 0 Å². The van der Waals surface area contributed by atoms with Gasteiger partial charge in [0.05, 0.1) is 6.61 Å². The molecule has 0 aliphatic carbocycles. The Bertz CT molecular complexity index is 722. The fraction of sp³-hybridized carbons (Fsp3) is 0.526. The quantitative estimate of drug-likeness (QED) is 0.408. The minimum Gasteiger partial charge on any atom is -0.383 e. The highest BCUT2D eigenvalue weighted by molar-refractivity contribution is 6.05. The maximum Gasteiger partial charge on any atom is 0.255 e. The third-order valence-corrected chi connectivity index (χ3v) is 4.88. The number of amides is 3. The summed E-state index contributed by atoms with van der Waals surface area (Å²) in [6.45, 7) is 4.34. The summed E-state index contributed by atoms with van der Waals surface area (Å²) in [4.78, 5) is 37.6. The maximum absolute atomic E-state index is 12.6. The molecule has 0 saturated carbocycles. The molecule has 146 valence electrons. The molecular formula is C19H26N4O4. The first kappa shape index (κ1) is 19.5. The molecule has 0 aromatic heterocycles. The summed E-state index contributed by atoms with van der Waals surface area (Å²) < 4.78 is 4.98. The second-order valence-electron chi connectivity index (χ2n) is 6.81. The molecule has 3 rings (SSSR count). The number of ether oxygens (including phenoxy) is 1. The average Bonchev–Trinajstić information content (AvgIpc) is 2.97. The predicted molar refractivity (Wildman–Crippen MR) is 98.9 cm³/mol. The molecule has 1 unspecified atom stereocenters. The van der Waals surface area contributed by atoms with Gasteiger partial charge in [-0.05, 0) is 23.6 Å². The number of methoxy groups -OCH3 is 1. The van der Waals surface area contributed by atoms with Gasteiger partial charge in [-0.2, -0.15) is 0 Å². The number of piperidine rings is 1. The molecule has 2 aliphatic rings. The van der Waals surface area contributed by atoms with Crippen LogP contribution < -0.4 is 16.0 Å². The van der Waals surface area contributed by atoms with Crippen molar-refractivity contribution in [2.75, 3.05) is 33.4 Å². The molecule has 0 spiro atoms. The van der Waals surface area contributed by atoms with Crippen LogP contribution in [0.5, 0.6) is 0 Å². The number of rotatable bonds is 9. The van der Waals surface area contributed by atoms with E-state index >= 15 is 0 Å². The van der Waals surface area contributed by atoms with Gasteiger partial charge < -0.3 is 20.3 Å². The summed E-state index contributed by atoms with van der Waals surface area (Å²) in [7, 11) is 1.68. The SMILES string of the molecule is COCCNCCNCc1ccc2c(c1)CN(C1CCC(=O)NC1=O)C2=O. The molecule has 2 heterocycles. The lowest BCUT2D eigenvalue weighted by Crippen LogP contribution is -2.52. The molecule has 1 fully saturated rings. The van der Waals surface area contributed by atoms with Crippen molar-refractivity contribution < 1.29 is 19.1 Å². The molecule has 8 nitrogen and oxygen atoms in total. The van der Waals surface area contributed by atoms with Crippen LogP contribution in [0.1, 0.15) is 34.3 Å². The van der Waals surface area contributed by atoms with Gasteiger partial charge in [-0.15, -0.1) is 0 Å². The molecule has 1 saturated heterocycles. The lowest BCUT2D eigenvalue weighted by atomic mass is 10.0. The molecule has 0 bridgehead atoms. The largest absolute Gasteiger partial charge is 0.383 e. The van der Waals surface area contributed by atoms with Crippen LogP contribution in [0.2, 0.25) is 0 Å². The number of benzene rings is 1. The minimum atomic E-state index is -0.567. The first-order valence-electron chi connectivity index (χ1n) is 9.27. The molecule has 2 aliphatic heterocycles. The number of hydrogen-bond acceptors (Lipinski definition) is 6. The first-order valence-corrected chi connectivity index (χ1v) is 9.27. The van der Waals surface area contributed by atoms with E-state index < -0.39 is 6.04 Å². The van der Waals surface area contributed by atoms with Crippen LogP contribution in [-0.4, -0.2) is 62.0 Å². The van der Waals surface area contributed by atoms with Crippen LogP contribution in [0, 0.1) is 0 Å². The van der Waals surface area contributed by atoms with Crippen LogP contribution >= 0.6 is 0 Å². The molecule has 3 amide bonds. The van der Waals surface area contributed by atoms with Crippen molar-refractivity contribution in [2.24, 2.45) is 0 Å². The van der Waals surface area contributed by atoms with E-state index in [4.69, 9.17) is 4.74 Å². The number of nitrogens with zero attached hydrogens (tertiary/aromatic N) is 1. The van der Waals surface area contributed by atoms with Crippen molar-refractivity contribution in [2.45, 2.75) is 32.0 Å². The summed E-state index contributed by atoms with van der Waals surface area (Å²) >= 11 is 0. The number of carbonyl (C=O) groups is 3. The average molecular weight is 374 g/mol. The van der Waals surface area contributed by atoms with Crippen molar-refractivity contribution in [1.82, 2.24) is 20.9 Å². The normalized spacial score (nSPS) is 19.4. The highest BCUT2D eigenvalue weighted by atomic mass is 16.5. The van der Waals surface area contributed by atoms with E-state index in [1.165, 1.54) is 0 Å². The van der Waals surface area contributed by atoms with Crippen LogP contribution in [0.25, 0.3) is 0 Å². The minimum absolute atomic E-state index is 0.138. The van der Waals surface area contributed by atoms with Gasteiger partial charge in [-0.3, -0.25) is 19.7 Å². The zero-order valence-electron chi connectivity index (χ0n) is 15.5. The summed E-state index contributed by atoms with van der Waals surface area (Å²) in [6, 6.07) is 5.22. The van der Waals surface area contributed by atoms with Crippen molar-refractivity contribution in [1.29, 1.82) is 0 Å². The van der Waals surface area contributed by atoms with Gasteiger partial charge in [-0.25, -0.2) is 0 Å². The van der Waals surface area contributed by atoms with Crippen LogP contribution in [0.3, 0.4) is 0 Å². The lowest BCUT2D eigenvalue weighted by molar-refractivity contribution is -0.136. The smallest absolute Gasteiger partial charge is 0.255 e. The molecule has 1 aromatic rings. The van der Waals surface area contributed by atoms with E-state index in [1.54, 1.807) is 12.0 Å². The third kappa shape index (κ3) is 4.71. The van der Waals surface area contributed by atoms with E-state index in [0.717, 1.165) is 30.8 Å². The van der Waals surface area contributed by atoms with Crippen molar-refractivity contribution in [3.63, 3.8) is 0 Å². The van der Waals surface area contributed by atoms with Crippen LogP contribution in [0.15, 0.2) is 18.2 Å². The topological polar surface area (TPSA) is 99.8 Å². The summed E-state index contributed by atoms with van der Waals surface area (Å²) in [5, 5.41) is 8.95. The molecule has 27 heavy (non-hydrogen) atoms. The Kier molecular flexibility index (Phi) is 6.54. The Labute approximate surface area is 158 Å².